The van der Waals surface area contributed by atoms with E-state index in [1.54, 1.807) is 28.4 Å². The molecule has 0 bridgehead atoms. The molecule has 0 rings (SSSR count). The van der Waals surface area contributed by atoms with E-state index in [4.69, 9.17) is 51.2 Å². The fraction of sp³-hybridized carbons (Fsp3) is 1.00. The lowest BCUT2D eigenvalue weighted by molar-refractivity contribution is -0.0221. The van der Waals surface area contributed by atoms with Crippen LogP contribution in [0.3, 0.4) is 0 Å². The molecular weight excluding hydrogens is 456 g/mol. The first-order valence-corrected chi connectivity index (χ1v) is 13.4. The Kier molecular flexibility index (Phi) is 26.2. The van der Waals surface area contributed by atoms with Gasteiger partial charge in [0, 0.05) is 41.1 Å². The Bertz CT molecular complexity index is 368. The second-order valence-corrected chi connectivity index (χ2v) is 9.77. The Hall–Kier alpha value is -0.223. The summed E-state index contributed by atoms with van der Waals surface area (Å²) >= 11 is 0. The summed E-state index contributed by atoms with van der Waals surface area (Å²) in [5.74, 6) is 0. The summed E-state index contributed by atoms with van der Waals surface area (Å²) < 4.78 is 59.0. The molecule has 0 unspecified atom stereocenters. The van der Waals surface area contributed by atoms with E-state index in [2.05, 4.69) is 0 Å². The predicted octanol–water partition coefficient (Wildman–Crippen LogP) is 1.02. The van der Waals surface area contributed by atoms with E-state index in [9.17, 15) is 0 Å². The summed E-state index contributed by atoms with van der Waals surface area (Å²) in [7, 11) is 3.99. The number of methoxy groups -OCH3 is 1. The average molecular weight is 503 g/mol. The van der Waals surface area contributed by atoms with Crippen molar-refractivity contribution in [3.63, 3.8) is 0 Å². The van der Waals surface area contributed by atoms with Gasteiger partial charge in [0.05, 0.1) is 92.5 Å². The summed E-state index contributed by atoms with van der Waals surface area (Å²) in [4.78, 5) is 0. The molecule has 12 heteroatoms. The second-order valence-electron chi connectivity index (χ2n) is 6.68. The lowest BCUT2D eigenvalue weighted by atomic mass is 10.5. The molecule has 0 aliphatic carbocycles. The maximum Gasteiger partial charge on any atom is 0.500 e. The molecule has 0 atom stereocenters. The Morgan fingerprint density at radius 3 is 0.909 bits per heavy atom. The largest absolute Gasteiger partial charge is 0.500 e. The Morgan fingerprint density at radius 1 is 0.364 bits per heavy atom. The fourth-order valence-corrected chi connectivity index (χ4v) is 4.20. The minimum Gasteiger partial charge on any atom is -0.382 e. The maximum absolute atomic E-state index is 5.54. The SMILES string of the molecule is COCCOCCOCCOCCOCCOCCOCCOCCC[Si](OC)(OC)OC. The highest BCUT2D eigenvalue weighted by atomic mass is 28.4. The van der Waals surface area contributed by atoms with E-state index < -0.39 is 8.80 Å². The molecule has 0 saturated carbocycles. The van der Waals surface area contributed by atoms with Crippen LogP contribution in [0.5, 0.6) is 0 Å². The molecule has 11 nitrogen and oxygen atoms in total. The Balaban J connectivity index is 3.15. The van der Waals surface area contributed by atoms with E-state index in [0.29, 0.717) is 99.1 Å². The van der Waals surface area contributed by atoms with Gasteiger partial charge in [-0.15, -0.1) is 0 Å². The van der Waals surface area contributed by atoms with Crippen LogP contribution in [0.15, 0.2) is 0 Å². The van der Waals surface area contributed by atoms with Crippen LogP contribution < -0.4 is 0 Å². The van der Waals surface area contributed by atoms with Gasteiger partial charge in [0.25, 0.3) is 0 Å². The van der Waals surface area contributed by atoms with Crippen LogP contribution in [0, 0.1) is 0 Å². The maximum atomic E-state index is 5.54. The highest BCUT2D eigenvalue weighted by molar-refractivity contribution is 6.60. The molecule has 0 spiro atoms. The molecule has 0 aromatic carbocycles. The van der Waals surface area contributed by atoms with Gasteiger partial charge in [-0.05, 0) is 6.42 Å². The molecule has 0 amide bonds. The summed E-state index contributed by atoms with van der Waals surface area (Å²) in [6.45, 7) is 8.22. The van der Waals surface area contributed by atoms with Gasteiger partial charge in [0.1, 0.15) is 0 Å². The first-order valence-electron chi connectivity index (χ1n) is 11.4. The number of hydrogen-bond acceptors (Lipinski definition) is 11. The highest BCUT2D eigenvalue weighted by Gasteiger charge is 2.36. The van der Waals surface area contributed by atoms with Crippen LogP contribution in [0.4, 0.5) is 0 Å². The van der Waals surface area contributed by atoms with Crippen LogP contribution in [0.2, 0.25) is 6.04 Å². The molecular formula is C21H46O11Si. The fourth-order valence-electron chi connectivity index (χ4n) is 2.51. The summed E-state index contributed by atoms with van der Waals surface area (Å²) in [6.07, 6.45) is 0.814. The lowest BCUT2D eigenvalue weighted by Gasteiger charge is -2.24. The molecule has 0 aliphatic rings. The van der Waals surface area contributed by atoms with E-state index in [1.165, 1.54) is 0 Å². The monoisotopic (exact) mass is 502 g/mol. The quantitative estimate of drug-likeness (QED) is 0.113. The molecule has 0 saturated heterocycles. The van der Waals surface area contributed by atoms with E-state index in [0.717, 1.165) is 12.5 Å². The number of ether oxygens (including phenoxy) is 8. The van der Waals surface area contributed by atoms with Crippen molar-refractivity contribution in [2.45, 2.75) is 12.5 Å². The van der Waals surface area contributed by atoms with E-state index >= 15 is 0 Å². The van der Waals surface area contributed by atoms with Crippen LogP contribution in [-0.2, 0) is 51.2 Å². The second kappa shape index (κ2) is 26.4. The molecule has 200 valence electrons. The Labute approximate surface area is 200 Å². The number of hydrogen-bond donors (Lipinski definition) is 0. The molecule has 0 fully saturated rings. The summed E-state index contributed by atoms with van der Waals surface area (Å²) in [6, 6.07) is 0.722. The third kappa shape index (κ3) is 22.0. The standard InChI is InChI=1S/C21H46O11Si/c1-22-7-8-27-11-12-29-15-16-31-19-20-32-18-17-30-14-13-28-10-9-26-6-5-21-33(23-2,24-3)25-4/h5-21H2,1-4H3. The van der Waals surface area contributed by atoms with Gasteiger partial charge in [-0.1, -0.05) is 0 Å². The number of rotatable bonds is 28. The van der Waals surface area contributed by atoms with Gasteiger partial charge in [-0.3, -0.25) is 0 Å². The van der Waals surface area contributed by atoms with Crippen LogP contribution >= 0.6 is 0 Å². The smallest absolute Gasteiger partial charge is 0.382 e. The van der Waals surface area contributed by atoms with Gasteiger partial charge in [-0.2, -0.15) is 0 Å². The van der Waals surface area contributed by atoms with Crippen molar-refractivity contribution in [1.29, 1.82) is 0 Å². The van der Waals surface area contributed by atoms with Crippen molar-refractivity contribution in [2.75, 3.05) is 128 Å². The summed E-state index contributed by atoms with van der Waals surface area (Å²) in [5, 5.41) is 0. The van der Waals surface area contributed by atoms with Crippen LogP contribution in [-0.4, -0.2) is 136 Å². The lowest BCUT2D eigenvalue weighted by Crippen LogP contribution is -2.42. The minimum absolute atomic E-state index is 0.524. The zero-order chi connectivity index (χ0) is 24.3. The Morgan fingerprint density at radius 2 is 0.636 bits per heavy atom. The van der Waals surface area contributed by atoms with Crippen molar-refractivity contribution in [2.24, 2.45) is 0 Å². The molecule has 0 aliphatic heterocycles. The average Bonchev–Trinajstić information content (AvgIpc) is 2.84. The van der Waals surface area contributed by atoms with Crippen molar-refractivity contribution in [1.82, 2.24) is 0 Å². The molecule has 0 radical (unpaired) electrons. The third-order valence-corrected chi connectivity index (χ3v) is 7.20. The topological polar surface area (TPSA) is 102 Å². The van der Waals surface area contributed by atoms with Crippen LogP contribution in [0.25, 0.3) is 0 Å². The van der Waals surface area contributed by atoms with Crippen molar-refractivity contribution in [3.8, 4) is 0 Å². The predicted molar refractivity (Wildman–Crippen MR) is 124 cm³/mol. The van der Waals surface area contributed by atoms with E-state index in [-0.39, 0.29) is 0 Å². The zero-order valence-corrected chi connectivity index (χ0v) is 22.0. The normalized spacial score (nSPS) is 12.0. The molecule has 0 aromatic heterocycles. The van der Waals surface area contributed by atoms with Gasteiger partial charge in [0.15, 0.2) is 0 Å². The summed E-state index contributed by atoms with van der Waals surface area (Å²) in [5.41, 5.74) is 0. The molecule has 0 heterocycles. The molecule has 0 aromatic rings. The first-order chi connectivity index (χ1) is 16.2. The first kappa shape index (κ1) is 32.8. The van der Waals surface area contributed by atoms with Crippen molar-refractivity contribution >= 4 is 8.80 Å². The van der Waals surface area contributed by atoms with E-state index in [1.807, 2.05) is 0 Å². The minimum atomic E-state index is -2.49. The van der Waals surface area contributed by atoms with Gasteiger partial charge >= 0.3 is 8.80 Å². The molecule has 33 heavy (non-hydrogen) atoms. The van der Waals surface area contributed by atoms with Crippen molar-refractivity contribution in [3.05, 3.63) is 0 Å². The molecule has 0 N–H and O–H groups in total. The third-order valence-electron chi connectivity index (χ3n) is 4.37. The highest BCUT2D eigenvalue weighted by Crippen LogP contribution is 2.14. The zero-order valence-electron chi connectivity index (χ0n) is 21.0. The van der Waals surface area contributed by atoms with Gasteiger partial charge in [0.2, 0.25) is 0 Å². The van der Waals surface area contributed by atoms with Crippen LogP contribution in [0.1, 0.15) is 6.42 Å². The van der Waals surface area contributed by atoms with Gasteiger partial charge < -0.3 is 51.2 Å². The van der Waals surface area contributed by atoms with Crippen molar-refractivity contribution < 1.29 is 51.2 Å². The van der Waals surface area contributed by atoms with Gasteiger partial charge in [-0.25, -0.2) is 0 Å².